The third-order valence-electron chi connectivity index (χ3n) is 1.92. The van der Waals surface area contributed by atoms with E-state index in [1.807, 2.05) is 11.8 Å². The van der Waals surface area contributed by atoms with Crippen molar-refractivity contribution in [2.45, 2.75) is 20.3 Å². The molecule has 0 unspecified atom stereocenters. The van der Waals surface area contributed by atoms with Gasteiger partial charge in [0.25, 0.3) is 0 Å². The molecule has 1 heterocycles. The number of aromatic nitrogens is 3. The van der Waals surface area contributed by atoms with Crippen molar-refractivity contribution < 1.29 is 4.74 Å². The number of anilines is 1. The smallest absolute Gasteiger partial charge is 0.322 e. The Bertz CT molecular complexity index is 321. The minimum atomic E-state index is 0.159. The van der Waals surface area contributed by atoms with Gasteiger partial charge in [-0.25, -0.2) is 0 Å². The zero-order valence-electron chi connectivity index (χ0n) is 9.20. The normalized spacial score (nSPS) is 10.1. The summed E-state index contributed by atoms with van der Waals surface area (Å²) < 4.78 is 4.94. The van der Waals surface area contributed by atoms with Gasteiger partial charge in [0.05, 0.1) is 7.11 Å². The second-order valence-electron chi connectivity index (χ2n) is 2.97. The van der Waals surface area contributed by atoms with E-state index in [0.29, 0.717) is 5.95 Å². The summed E-state index contributed by atoms with van der Waals surface area (Å²) in [5.74, 6) is 0.566. The van der Waals surface area contributed by atoms with Crippen LogP contribution in [0.4, 0.5) is 5.95 Å². The number of methoxy groups -OCH3 is 1. The Morgan fingerprint density at radius 1 is 1.27 bits per heavy atom. The Morgan fingerprint density at radius 2 is 2.00 bits per heavy atom. The first-order valence-electron chi connectivity index (χ1n) is 4.91. The Balaban J connectivity index is 2.95. The quantitative estimate of drug-likeness (QED) is 0.772. The van der Waals surface area contributed by atoms with Crippen LogP contribution in [0.25, 0.3) is 0 Å². The van der Waals surface area contributed by atoms with Gasteiger partial charge in [-0.2, -0.15) is 15.0 Å². The highest BCUT2D eigenvalue weighted by Gasteiger charge is 2.10. The molecule has 0 fully saturated rings. The number of rotatable bonds is 5. The molecule has 0 saturated carbocycles. The minimum Gasteiger partial charge on any atom is -0.467 e. The second-order valence-corrected chi connectivity index (χ2v) is 3.31. The van der Waals surface area contributed by atoms with Crippen molar-refractivity contribution in [1.82, 2.24) is 15.0 Å². The minimum absolute atomic E-state index is 0.159. The monoisotopic (exact) mass is 230 g/mol. The van der Waals surface area contributed by atoms with E-state index in [0.717, 1.165) is 19.5 Å². The molecule has 0 radical (unpaired) electrons. The van der Waals surface area contributed by atoms with E-state index in [-0.39, 0.29) is 11.3 Å². The maximum atomic E-state index is 5.76. The molecule has 6 heteroatoms. The van der Waals surface area contributed by atoms with Crippen LogP contribution in [0.3, 0.4) is 0 Å². The fourth-order valence-corrected chi connectivity index (χ4v) is 1.37. The van der Waals surface area contributed by atoms with E-state index >= 15 is 0 Å². The Morgan fingerprint density at radius 3 is 2.53 bits per heavy atom. The van der Waals surface area contributed by atoms with E-state index in [9.17, 15) is 0 Å². The third kappa shape index (κ3) is 3.20. The third-order valence-corrected chi connectivity index (χ3v) is 2.09. The van der Waals surface area contributed by atoms with E-state index in [1.54, 1.807) is 0 Å². The molecule has 1 aromatic rings. The zero-order valence-corrected chi connectivity index (χ0v) is 9.95. The molecule has 84 valence electrons. The van der Waals surface area contributed by atoms with Crippen LogP contribution >= 0.6 is 11.6 Å². The Kier molecular flexibility index (Phi) is 4.55. The molecular weight excluding hydrogens is 216 g/mol. The van der Waals surface area contributed by atoms with Crippen LogP contribution < -0.4 is 9.64 Å². The molecule has 0 amide bonds. The summed E-state index contributed by atoms with van der Waals surface area (Å²) >= 11 is 5.76. The van der Waals surface area contributed by atoms with E-state index < -0.39 is 0 Å². The van der Waals surface area contributed by atoms with Crippen molar-refractivity contribution in [3.8, 4) is 6.01 Å². The van der Waals surface area contributed by atoms with Crippen LogP contribution in [0.5, 0.6) is 6.01 Å². The summed E-state index contributed by atoms with van der Waals surface area (Å²) in [6.45, 7) is 5.86. The zero-order chi connectivity index (χ0) is 11.3. The number of nitrogens with zero attached hydrogens (tertiary/aromatic N) is 4. The maximum absolute atomic E-state index is 5.76. The van der Waals surface area contributed by atoms with Crippen molar-refractivity contribution in [2.24, 2.45) is 0 Å². The van der Waals surface area contributed by atoms with Gasteiger partial charge in [-0.15, -0.1) is 0 Å². The van der Waals surface area contributed by atoms with Crippen LogP contribution in [0, 0.1) is 0 Å². The summed E-state index contributed by atoms with van der Waals surface area (Å²) in [5.41, 5.74) is 0. The fraction of sp³-hybridized carbons (Fsp3) is 0.667. The summed E-state index contributed by atoms with van der Waals surface area (Å²) in [7, 11) is 1.51. The van der Waals surface area contributed by atoms with Crippen molar-refractivity contribution >= 4 is 17.5 Å². The van der Waals surface area contributed by atoms with Gasteiger partial charge in [-0.1, -0.05) is 6.92 Å². The average Bonchev–Trinajstić information content (AvgIpc) is 2.24. The Labute approximate surface area is 94.5 Å². The van der Waals surface area contributed by atoms with Gasteiger partial charge < -0.3 is 9.64 Å². The first-order chi connectivity index (χ1) is 7.21. The maximum Gasteiger partial charge on any atom is 0.322 e. The predicted octanol–water partition coefficient (Wildman–Crippen LogP) is 1.77. The van der Waals surface area contributed by atoms with Crippen molar-refractivity contribution in [2.75, 3.05) is 25.1 Å². The molecule has 0 atom stereocenters. The molecule has 0 aliphatic heterocycles. The molecule has 0 aliphatic carbocycles. The molecule has 5 nitrogen and oxygen atoms in total. The SMILES string of the molecule is CCCN(CC)c1nc(Cl)nc(OC)n1. The van der Waals surface area contributed by atoms with E-state index in [1.165, 1.54) is 7.11 Å². The first kappa shape index (κ1) is 12.0. The molecule has 0 aliphatic rings. The van der Waals surface area contributed by atoms with Crippen molar-refractivity contribution in [3.05, 3.63) is 5.28 Å². The van der Waals surface area contributed by atoms with Crippen LogP contribution in [0.15, 0.2) is 0 Å². The van der Waals surface area contributed by atoms with Crippen LogP contribution in [-0.4, -0.2) is 35.2 Å². The number of hydrogen-bond acceptors (Lipinski definition) is 5. The molecule has 0 spiro atoms. The fourth-order valence-electron chi connectivity index (χ4n) is 1.22. The van der Waals surface area contributed by atoms with Crippen molar-refractivity contribution in [3.63, 3.8) is 0 Å². The highest BCUT2D eigenvalue weighted by Crippen LogP contribution is 2.14. The summed E-state index contributed by atoms with van der Waals surface area (Å²) in [6.07, 6.45) is 1.03. The predicted molar refractivity (Wildman–Crippen MR) is 59.6 cm³/mol. The highest BCUT2D eigenvalue weighted by molar-refractivity contribution is 6.28. The standard InChI is InChI=1S/C9H15ClN4O/c1-4-6-14(5-2)8-11-7(10)12-9(13-8)15-3/h4-6H2,1-3H3. The van der Waals surface area contributed by atoms with Crippen LogP contribution in [0.1, 0.15) is 20.3 Å². The molecule has 0 saturated heterocycles. The van der Waals surface area contributed by atoms with Crippen LogP contribution in [0.2, 0.25) is 5.28 Å². The van der Waals surface area contributed by atoms with Gasteiger partial charge in [-0.3, -0.25) is 0 Å². The molecule has 15 heavy (non-hydrogen) atoms. The number of ether oxygens (including phenoxy) is 1. The largest absolute Gasteiger partial charge is 0.467 e. The molecule has 0 N–H and O–H groups in total. The summed E-state index contributed by atoms with van der Waals surface area (Å²) in [6, 6.07) is 0.250. The number of hydrogen-bond donors (Lipinski definition) is 0. The molecule has 0 bridgehead atoms. The van der Waals surface area contributed by atoms with Gasteiger partial charge in [0, 0.05) is 13.1 Å². The molecule has 1 rings (SSSR count). The molecule has 1 aromatic heterocycles. The lowest BCUT2D eigenvalue weighted by Gasteiger charge is -2.19. The highest BCUT2D eigenvalue weighted by atomic mass is 35.5. The van der Waals surface area contributed by atoms with Gasteiger partial charge in [0.1, 0.15) is 0 Å². The molecular formula is C9H15ClN4O. The van der Waals surface area contributed by atoms with Gasteiger partial charge in [0.15, 0.2) is 0 Å². The summed E-state index contributed by atoms with van der Waals surface area (Å²) in [5, 5.41) is 0.159. The lowest BCUT2D eigenvalue weighted by atomic mass is 10.4. The van der Waals surface area contributed by atoms with Crippen molar-refractivity contribution in [1.29, 1.82) is 0 Å². The molecule has 0 aromatic carbocycles. The van der Waals surface area contributed by atoms with E-state index in [2.05, 4.69) is 21.9 Å². The topological polar surface area (TPSA) is 51.1 Å². The lowest BCUT2D eigenvalue weighted by molar-refractivity contribution is 0.378. The Hall–Kier alpha value is -1.10. The van der Waals surface area contributed by atoms with Gasteiger partial charge in [-0.05, 0) is 24.9 Å². The number of halogens is 1. The average molecular weight is 231 g/mol. The van der Waals surface area contributed by atoms with E-state index in [4.69, 9.17) is 16.3 Å². The first-order valence-corrected chi connectivity index (χ1v) is 5.29. The van der Waals surface area contributed by atoms with Crippen LogP contribution in [-0.2, 0) is 0 Å². The second kappa shape index (κ2) is 5.70. The summed E-state index contributed by atoms with van der Waals surface area (Å²) in [4.78, 5) is 14.0. The lowest BCUT2D eigenvalue weighted by Crippen LogP contribution is -2.26. The van der Waals surface area contributed by atoms with Gasteiger partial charge in [0.2, 0.25) is 11.2 Å². The van der Waals surface area contributed by atoms with Gasteiger partial charge >= 0.3 is 6.01 Å².